The quantitative estimate of drug-likeness (QED) is 0.229. The molecule has 3 aromatic rings. The van der Waals surface area contributed by atoms with Gasteiger partial charge in [-0.2, -0.15) is 0 Å². The van der Waals surface area contributed by atoms with E-state index in [1.165, 1.54) is 12.1 Å². The number of hydrogen-bond acceptors (Lipinski definition) is 12. The minimum absolute atomic E-state index is 0.0524. The van der Waals surface area contributed by atoms with Crippen LogP contribution in [-0.2, 0) is 4.74 Å². The molecule has 5 atom stereocenters. The Labute approximate surface area is 184 Å². The van der Waals surface area contributed by atoms with E-state index in [9.17, 15) is 45.6 Å². The van der Waals surface area contributed by atoms with Crippen LogP contribution >= 0.6 is 0 Å². The summed E-state index contributed by atoms with van der Waals surface area (Å²) in [5.41, 5.74) is -1.04. The van der Waals surface area contributed by atoms with Crippen molar-refractivity contribution >= 4 is 11.0 Å². The Morgan fingerprint density at radius 1 is 0.909 bits per heavy atom. The Morgan fingerprint density at radius 2 is 1.58 bits per heavy atom. The topological polar surface area (TPSA) is 211 Å². The van der Waals surface area contributed by atoms with Crippen molar-refractivity contribution in [1.82, 2.24) is 0 Å². The van der Waals surface area contributed by atoms with Crippen LogP contribution in [0.25, 0.3) is 22.3 Å². The predicted octanol–water partition coefficient (Wildman–Crippen LogP) is -0.539. The summed E-state index contributed by atoms with van der Waals surface area (Å²) in [5.74, 6) is -3.51. The predicted molar refractivity (Wildman–Crippen MR) is 109 cm³/mol. The minimum Gasteiger partial charge on any atom is -0.508 e. The van der Waals surface area contributed by atoms with Crippen LogP contribution in [0.1, 0.15) is 0 Å². The lowest BCUT2D eigenvalue weighted by molar-refractivity contribution is -0.277. The highest BCUT2D eigenvalue weighted by Gasteiger charge is 2.45. The molecule has 1 aliphatic heterocycles. The molecular weight excluding hydrogens is 444 g/mol. The van der Waals surface area contributed by atoms with Gasteiger partial charge in [0.25, 0.3) is 0 Å². The molecule has 1 fully saturated rings. The lowest BCUT2D eigenvalue weighted by atomic mass is 9.99. The molecule has 0 spiro atoms. The Bertz CT molecular complexity index is 1230. The number of phenolic OH excluding ortho intramolecular Hbond substituents is 4. The first-order valence-electron chi connectivity index (χ1n) is 9.64. The number of ether oxygens (including phenoxy) is 2. The van der Waals surface area contributed by atoms with Crippen LogP contribution < -0.4 is 10.2 Å². The molecule has 2 aromatic carbocycles. The molecule has 8 N–H and O–H groups in total. The number of fused-ring (bicyclic) bond motifs is 1. The van der Waals surface area contributed by atoms with Gasteiger partial charge in [0.1, 0.15) is 35.7 Å². The van der Waals surface area contributed by atoms with Crippen molar-refractivity contribution in [1.29, 1.82) is 0 Å². The summed E-state index contributed by atoms with van der Waals surface area (Å²) in [6.07, 6.45) is -8.34. The molecule has 0 unspecified atom stereocenters. The van der Waals surface area contributed by atoms with Gasteiger partial charge in [-0.05, 0) is 24.3 Å². The minimum atomic E-state index is -1.84. The van der Waals surface area contributed by atoms with E-state index in [1.54, 1.807) is 0 Å². The highest BCUT2D eigenvalue weighted by Crippen LogP contribution is 2.42. The van der Waals surface area contributed by atoms with E-state index in [1.807, 2.05) is 0 Å². The largest absolute Gasteiger partial charge is 0.508 e. The smallest absolute Gasteiger partial charge is 0.235 e. The second-order valence-electron chi connectivity index (χ2n) is 7.45. The zero-order valence-corrected chi connectivity index (χ0v) is 16.7. The molecule has 33 heavy (non-hydrogen) atoms. The van der Waals surface area contributed by atoms with Gasteiger partial charge in [0.05, 0.1) is 12.0 Å². The molecule has 0 saturated carbocycles. The first kappa shape index (κ1) is 22.6. The van der Waals surface area contributed by atoms with Crippen molar-refractivity contribution in [3.8, 4) is 40.1 Å². The van der Waals surface area contributed by atoms with Crippen molar-refractivity contribution in [3.05, 3.63) is 40.6 Å². The van der Waals surface area contributed by atoms with E-state index in [-0.39, 0.29) is 28.0 Å². The van der Waals surface area contributed by atoms with Crippen molar-refractivity contribution in [2.75, 3.05) is 6.61 Å². The Kier molecular flexibility index (Phi) is 5.78. The zero-order chi connectivity index (χ0) is 24.0. The average Bonchev–Trinajstić information content (AvgIpc) is 2.78. The molecule has 0 amide bonds. The summed E-state index contributed by atoms with van der Waals surface area (Å²) < 4.78 is 16.5. The van der Waals surface area contributed by atoms with E-state index < -0.39 is 65.7 Å². The fraction of sp³-hybridized carbons (Fsp3) is 0.286. The number of aliphatic hydroxyl groups excluding tert-OH is 4. The van der Waals surface area contributed by atoms with Crippen molar-refractivity contribution in [2.24, 2.45) is 0 Å². The van der Waals surface area contributed by atoms with Gasteiger partial charge in [-0.15, -0.1) is 0 Å². The standard InChI is InChI=1S/C21H20O12/c22-6-13-16(28)17(29)18(30)21(32-13)33-20-14(26)9-2-1-8(23)5-12(9)31-19(20)7-3-10(24)15(27)11(25)4-7/h1-5,13,16-18,21-25,27-30H,6H2/t13-,16-,17+,18-,21-/m1/s1. The first-order valence-corrected chi connectivity index (χ1v) is 9.64. The molecule has 1 saturated heterocycles. The monoisotopic (exact) mass is 464 g/mol. The van der Waals surface area contributed by atoms with Gasteiger partial charge in [-0.25, -0.2) is 0 Å². The number of benzene rings is 2. The van der Waals surface area contributed by atoms with Gasteiger partial charge in [0.2, 0.25) is 17.5 Å². The molecular formula is C21H20O12. The molecule has 4 rings (SSSR count). The number of aliphatic hydroxyl groups is 4. The fourth-order valence-corrected chi connectivity index (χ4v) is 3.48. The Morgan fingerprint density at radius 3 is 2.21 bits per heavy atom. The van der Waals surface area contributed by atoms with Gasteiger partial charge in [0, 0.05) is 11.6 Å². The summed E-state index contributed by atoms with van der Waals surface area (Å²) in [6, 6.07) is 5.52. The van der Waals surface area contributed by atoms with Crippen LogP contribution in [0.2, 0.25) is 0 Å². The van der Waals surface area contributed by atoms with Gasteiger partial charge < -0.3 is 54.7 Å². The molecule has 0 radical (unpaired) electrons. The molecule has 176 valence electrons. The molecule has 0 bridgehead atoms. The molecule has 0 aliphatic carbocycles. The first-order chi connectivity index (χ1) is 15.6. The maximum atomic E-state index is 13.2. The zero-order valence-electron chi connectivity index (χ0n) is 16.7. The third-order valence-corrected chi connectivity index (χ3v) is 5.25. The van der Waals surface area contributed by atoms with Gasteiger partial charge in [-0.1, -0.05) is 0 Å². The summed E-state index contributed by atoms with van der Waals surface area (Å²) in [6.45, 7) is -0.733. The van der Waals surface area contributed by atoms with E-state index >= 15 is 0 Å². The Balaban J connectivity index is 1.90. The second kappa shape index (κ2) is 8.42. The number of aromatic hydroxyl groups is 4. The van der Waals surface area contributed by atoms with E-state index in [0.29, 0.717) is 0 Å². The fourth-order valence-electron chi connectivity index (χ4n) is 3.48. The van der Waals surface area contributed by atoms with Crippen molar-refractivity contribution in [2.45, 2.75) is 30.7 Å². The number of rotatable bonds is 4. The summed E-state index contributed by atoms with van der Waals surface area (Å²) in [7, 11) is 0. The van der Waals surface area contributed by atoms with Crippen LogP contribution in [0.5, 0.6) is 28.7 Å². The van der Waals surface area contributed by atoms with E-state index in [0.717, 1.165) is 18.2 Å². The summed E-state index contributed by atoms with van der Waals surface area (Å²) >= 11 is 0. The Hall–Kier alpha value is -3.55. The molecule has 2 heterocycles. The van der Waals surface area contributed by atoms with E-state index in [4.69, 9.17) is 13.9 Å². The summed E-state index contributed by atoms with van der Waals surface area (Å²) in [4.78, 5) is 13.2. The SMILES string of the molecule is O=c1c(O[C@H]2O[C@H](CO)[C@@H](O)[C@H](O)[C@H]2O)c(-c2cc(O)c(O)c(O)c2)oc2cc(O)ccc12. The number of hydrogen-bond donors (Lipinski definition) is 8. The van der Waals surface area contributed by atoms with Crippen LogP contribution in [0.3, 0.4) is 0 Å². The van der Waals surface area contributed by atoms with Crippen LogP contribution in [0.4, 0.5) is 0 Å². The van der Waals surface area contributed by atoms with Gasteiger partial charge in [0.15, 0.2) is 23.0 Å². The van der Waals surface area contributed by atoms with Crippen molar-refractivity contribution in [3.63, 3.8) is 0 Å². The van der Waals surface area contributed by atoms with Gasteiger partial charge in [-0.3, -0.25) is 4.79 Å². The normalized spacial score (nSPS) is 25.3. The van der Waals surface area contributed by atoms with Gasteiger partial charge >= 0.3 is 0 Å². The summed E-state index contributed by atoms with van der Waals surface area (Å²) in [5, 5.41) is 78.7. The average molecular weight is 464 g/mol. The van der Waals surface area contributed by atoms with Crippen molar-refractivity contribution < 1.29 is 54.7 Å². The lowest BCUT2D eigenvalue weighted by Gasteiger charge is -2.39. The maximum absolute atomic E-state index is 13.2. The highest BCUT2D eigenvalue weighted by atomic mass is 16.7. The highest BCUT2D eigenvalue weighted by molar-refractivity contribution is 5.83. The van der Waals surface area contributed by atoms with Crippen LogP contribution in [0, 0.1) is 0 Å². The van der Waals surface area contributed by atoms with Crippen LogP contribution in [0.15, 0.2) is 39.5 Å². The molecule has 12 heteroatoms. The lowest BCUT2D eigenvalue weighted by Crippen LogP contribution is -2.60. The third kappa shape index (κ3) is 3.90. The molecule has 1 aromatic heterocycles. The maximum Gasteiger partial charge on any atom is 0.235 e. The third-order valence-electron chi connectivity index (χ3n) is 5.25. The molecule has 1 aliphatic rings. The second-order valence-corrected chi connectivity index (χ2v) is 7.45. The number of phenols is 4. The molecule has 12 nitrogen and oxygen atoms in total. The van der Waals surface area contributed by atoms with E-state index in [2.05, 4.69) is 0 Å². The van der Waals surface area contributed by atoms with Crippen LogP contribution in [-0.4, -0.2) is 78.2 Å².